The van der Waals surface area contributed by atoms with Crippen molar-refractivity contribution < 1.29 is 24.2 Å². The summed E-state index contributed by atoms with van der Waals surface area (Å²) in [5.41, 5.74) is 2.94. The number of ketones is 1. The number of anilines is 1. The normalized spacial score (nSPS) is 15.6. The zero-order chi connectivity index (χ0) is 32.8. The Kier molecular flexibility index (Phi) is 10.2. The molecule has 238 valence electrons. The van der Waals surface area contributed by atoms with Gasteiger partial charge < -0.3 is 14.6 Å². The molecule has 1 aliphatic heterocycles. The standard InChI is InChI=1S/C36H30ClN3O5S2/c1-2-19-44-28-17-13-25(14-18-28)32(41)30-31(26-9-6-10-29(20-26)45-21-23-7-4-3-5-8-23)40(34(43)33(30)42)35-38-39-36(47-35)46-22-24-11-15-27(37)16-12-24/h3-18,20,31,41H,2,19,21-22H2,1H3/b32-30+. The van der Waals surface area contributed by atoms with Crippen LogP contribution in [0.4, 0.5) is 5.13 Å². The Bertz CT molecular complexity index is 1900. The fraction of sp³-hybridized carbons (Fsp3) is 0.167. The smallest absolute Gasteiger partial charge is 0.301 e. The van der Waals surface area contributed by atoms with E-state index in [9.17, 15) is 14.7 Å². The Morgan fingerprint density at radius 1 is 0.894 bits per heavy atom. The van der Waals surface area contributed by atoms with Crippen LogP contribution in [0.25, 0.3) is 5.76 Å². The zero-order valence-corrected chi connectivity index (χ0v) is 27.7. The van der Waals surface area contributed by atoms with Crippen molar-refractivity contribution in [1.29, 1.82) is 0 Å². The minimum absolute atomic E-state index is 0.0528. The van der Waals surface area contributed by atoms with E-state index in [1.54, 1.807) is 42.5 Å². The fourth-order valence-corrected chi connectivity index (χ4v) is 6.98. The molecule has 4 aromatic carbocycles. The second-order valence-corrected chi connectivity index (χ2v) is 13.3. The van der Waals surface area contributed by atoms with Crippen LogP contribution in [0.3, 0.4) is 0 Å². The summed E-state index contributed by atoms with van der Waals surface area (Å²) in [5, 5.41) is 21.1. The summed E-state index contributed by atoms with van der Waals surface area (Å²) in [7, 11) is 0. The molecule has 0 aliphatic carbocycles. The Labute approximate surface area is 285 Å². The molecule has 0 bridgehead atoms. The molecule has 1 atom stereocenters. The Morgan fingerprint density at radius 2 is 1.66 bits per heavy atom. The lowest BCUT2D eigenvalue weighted by Crippen LogP contribution is -2.29. The number of aromatic nitrogens is 2. The maximum absolute atomic E-state index is 13.7. The predicted octanol–water partition coefficient (Wildman–Crippen LogP) is 8.48. The summed E-state index contributed by atoms with van der Waals surface area (Å²) in [5.74, 6) is -0.116. The highest BCUT2D eigenvalue weighted by molar-refractivity contribution is 8.00. The van der Waals surface area contributed by atoms with Crippen molar-refractivity contribution >= 4 is 57.3 Å². The van der Waals surface area contributed by atoms with Gasteiger partial charge in [-0.1, -0.05) is 96.2 Å². The molecule has 1 unspecified atom stereocenters. The van der Waals surface area contributed by atoms with Gasteiger partial charge in [0.2, 0.25) is 5.13 Å². The molecule has 0 spiro atoms. The van der Waals surface area contributed by atoms with E-state index in [0.717, 1.165) is 17.5 Å². The summed E-state index contributed by atoms with van der Waals surface area (Å²) in [4.78, 5) is 28.7. The van der Waals surface area contributed by atoms with Crippen LogP contribution in [0.1, 0.15) is 41.6 Å². The molecule has 1 fully saturated rings. The molecule has 11 heteroatoms. The molecule has 1 amide bonds. The third kappa shape index (κ3) is 7.51. The van der Waals surface area contributed by atoms with Gasteiger partial charge >= 0.3 is 5.91 Å². The number of Topliss-reactive ketones (excluding diaryl/α,β-unsaturated/α-hetero) is 1. The number of nitrogens with zero attached hydrogens (tertiary/aromatic N) is 3. The van der Waals surface area contributed by atoms with Gasteiger partial charge in [-0.05, 0) is 71.6 Å². The monoisotopic (exact) mass is 683 g/mol. The lowest BCUT2D eigenvalue weighted by molar-refractivity contribution is -0.132. The first kappa shape index (κ1) is 32.3. The number of carbonyl (C=O) groups is 2. The van der Waals surface area contributed by atoms with Gasteiger partial charge in [0.05, 0.1) is 18.2 Å². The molecule has 1 N–H and O–H groups in total. The first-order chi connectivity index (χ1) is 22.9. The molecular formula is C36H30ClN3O5S2. The number of carbonyl (C=O) groups excluding carboxylic acids is 2. The topological polar surface area (TPSA) is 102 Å². The summed E-state index contributed by atoms with van der Waals surface area (Å²) in [6.07, 6.45) is 0.853. The lowest BCUT2D eigenvalue weighted by Gasteiger charge is -2.23. The average molecular weight is 684 g/mol. The van der Waals surface area contributed by atoms with Gasteiger partial charge in [0.25, 0.3) is 5.78 Å². The van der Waals surface area contributed by atoms with Crippen LogP contribution in [0, 0.1) is 0 Å². The van der Waals surface area contributed by atoms with Crippen LogP contribution in [-0.4, -0.2) is 33.6 Å². The van der Waals surface area contributed by atoms with E-state index in [2.05, 4.69) is 10.2 Å². The minimum atomic E-state index is -0.978. The van der Waals surface area contributed by atoms with Gasteiger partial charge in [0.1, 0.15) is 23.9 Å². The molecule has 1 aromatic heterocycles. The Hall–Kier alpha value is -4.64. The number of thioether (sulfide) groups is 1. The number of aliphatic hydroxyl groups is 1. The van der Waals surface area contributed by atoms with Crippen LogP contribution in [-0.2, 0) is 21.9 Å². The summed E-state index contributed by atoms with van der Waals surface area (Å²) < 4.78 is 12.4. The molecule has 2 heterocycles. The van der Waals surface area contributed by atoms with Crippen LogP contribution < -0.4 is 14.4 Å². The van der Waals surface area contributed by atoms with Crippen molar-refractivity contribution in [2.24, 2.45) is 0 Å². The van der Waals surface area contributed by atoms with Crippen molar-refractivity contribution in [3.8, 4) is 11.5 Å². The minimum Gasteiger partial charge on any atom is -0.507 e. The molecular weight excluding hydrogens is 654 g/mol. The van der Waals surface area contributed by atoms with Crippen LogP contribution in [0.5, 0.6) is 11.5 Å². The van der Waals surface area contributed by atoms with Gasteiger partial charge in [0.15, 0.2) is 4.34 Å². The average Bonchev–Trinajstić information content (AvgIpc) is 3.68. The van der Waals surface area contributed by atoms with Crippen LogP contribution in [0.15, 0.2) is 113 Å². The van der Waals surface area contributed by atoms with Crippen molar-refractivity contribution in [3.63, 3.8) is 0 Å². The molecule has 6 rings (SSSR count). The van der Waals surface area contributed by atoms with E-state index in [0.29, 0.717) is 51.0 Å². The van der Waals surface area contributed by atoms with Gasteiger partial charge in [-0.2, -0.15) is 0 Å². The van der Waals surface area contributed by atoms with Gasteiger partial charge in [-0.25, -0.2) is 0 Å². The van der Waals surface area contributed by atoms with E-state index in [1.165, 1.54) is 28.0 Å². The van der Waals surface area contributed by atoms with E-state index >= 15 is 0 Å². The fourth-order valence-electron chi connectivity index (χ4n) is 5.03. The van der Waals surface area contributed by atoms with Crippen molar-refractivity contribution in [3.05, 3.63) is 136 Å². The second-order valence-electron chi connectivity index (χ2n) is 10.7. The Morgan fingerprint density at radius 3 is 2.40 bits per heavy atom. The third-order valence-corrected chi connectivity index (χ3v) is 9.72. The second kappa shape index (κ2) is 14.8. The number of rotatable bonds is 12. The molecule has 8 nitrogen and oxygen atoms in total. The number of amides is 1. The molecule has 0 radical (unpaired) electrons. The van der Waals surface area contributed by atoms with Crippen molar-refractivity contribution in [2.75, 3.05) is 11.5 Å². The third-order valence-electron chi connectivity index (χ3n) is 7.34. The van der Waals surface area contributed by atoms with E-state index in [4.69, 9.17) is 21.1 Å². The number of hydrogen-bond acceptors (Lipinski definition) is 9. The summed E-state index contributed by atoms with van der Waals surface area (Å²) >= 11 is 8.69. The highest BCUT2D eigenvalue weighted by atomic mass is 35.5. The number of ether oxygens (including phenoxy) is 2. The number of halogens is 1. The maximum atomic E-state index is 13.7. The molecule has 0 saturated carbocycles. The van der Waals surface area contributed by atoms with E-state index in [-0.39, 0.29) is 16.5 Å². The molecule has 1 saturated heterocycles. The first-order valence-electron chi connectivity index (χ1n) is 14.9. The molecule has 5 aromatic rings. The highest BCUT2D eigenvalue weighted by Crippen LogP contribution is 2.44. The zero-order valence-electron chi connectivity index (χ0n) is 25.3. The summed E-state index contributed by atoms with van der Waals surface area (Å²) in [6.45, 7) is 2.91. The number of hydrogen-bond donors (Lipinski definition) is 1. The molecule has 1 aliphatic rings. The quantitative estimate of drug-likeness (QED) is 0.0459. The number of aliphatic hydroxyl groups excluding tert-OH is 1. The SMILES string of the molecule is CCCOc1ccc(/C(O)=C2\C(=O)C(=O)N(c3nnc(SCc4ccc(Cl)cc4)s3)C2c2cccc(OCc3ccccc3)c2)cc1. The van der Waals surface area contributed by atoms with Crippen LogP contribution >= 0.6 is 34.7 Å². The van der Waals surface area contributed by atoms with Crippen molar-refractivity contribution in [1.82, 2.24) is 10.2 Å². The van der Waals surface area contributed by atoms with Gasteiger partial charge in [-0.3, -0.25) is 14.5 Å². The largest absolute Gasteiger partial charge is 0.507 e. The molecule has 47 heavy (non-hydrogen) atoms. The predicted molar refractivity (Wildman–Crippen MR) is 185 cm³/mol. The first-order valence-corrected chi connectivity index (χ1v) is 17.1. The van der Waals surface area contributed by atoms with Crippen molar-refractivity contribution in [2.45, 2.75) is 36.1 Å². The lowest BCUT2D eigenvalue weighted by atomic mass is 9.95. The van der Waals surface area contributed by atoms with Crippen LogP contribution in [0.2, 0.25) is 5.02 Å². The summed E-state index contributed by atoms with van der Waals surface area (Å²) in [6, 6.07) is 30.3. The maximum Gasteiger partial charge on any atom is 0.301 e. The van der Waals surface area contributed by atoms with E-state index < -0.39 is 17.7 Å². The highest BCUT2D eigenvalue weighted by Gasteiger charge is 2.48. The number of benzene rings is 4. The van der Waals surface area contributed by atoms with E-state index in [1.807, 2.05) is 67.6 Å². The van der Waals surface area contributed by atoms with Gasteiger partial charge in [0, 0.05) is 16.3 Å². The Balaban J connectivity index is 1.35. The van der Waals surface area contributed by atoms with Gasteiger partial charge in [-0.15, -0.1) is 10.2 Å².